The highest BCUT2D eigenvalue weighted by Crippen LogP contribution is 2.64. The molecule has 0 amide bonds. The average Bonchev–Trinajstić information content (AvgIpc) is 4.00. The first-order valence-corrected chi connectivity index (χ1v) is 21.5. The second-order valence-corrected chi connectivity index (χ2v) is 18.8. The minimum absolute atomic E-state index is 0.316. The summed E-state index contributed by atoms with van der Waals surface area (Å²) in [5.41, 5.74) is 9.32. The smallest absolute Gasteiger partial charge is 0.0768 e. The van der Waals surface area contributed by atoms with Gasteiger partial charge in [0.25, 0.3) is 0 Å². The standard InChI is InChI=1S/C46H32N2S4/c1-5-13-37-31(9-1)35-25-29(21-23-41(35)49-37)47(30-22-24-42-36(26-30)32-10-2-6-14-38(32)50-42)27-17-19-28(20-18-27)48-43-33-11-3-7-15-39(33)51-45(43)46-44(48)34-12-4-8-16-40(34)52-46/h1,3-9,11-26,33,39,44,46H,2,10H2. The molecule has 7 aromatic rings. The monoisotopic (exact) mass is 740 g/mol. The van der Waals surface area contributed by atoms with Crippen LogP contribution in [0.5, 0.6) is 0 Å². The van der Waals surface area contributed by atoms with Crippen LogP contribution in [0.4, 0.5) is 22.7 Å². The highest BCUT2D eigenvalue weighted by Gasteiger charge is 2.53. The van der Waals surface area contributed by atoms with E-state index in [-0.39, 0.29) is 0 Å². The van der Waals surface area contributed by atoms with E-state index in [2.05, 4.69) is 179 Å². The van der Waals surface area contributed by atoms with Crippen LogP contribution in [0.2, 0.25) is 0 Å². The predicted molar refractivity (Wildman–Crippen MR) is 228 cm³/mol. The van der Waals surface area contributed by atoms with Crippen LogP contribution in [0.3, 0.4) is 0 Å². The maximum atomic E-state index is 2.70. The van der Waals surface area contributed by atoms with Gasteiger partial charge in [-0.15, -0.1) is 46.2 Å². The number of benzene rings is 5. The Labute approximate surface area is 319 Å². The molecule has 4 atom stereocenters. The number of allylic oxidation sites excluding steroid dienone is 4. The van der Waals surface area contributed by atoms with Crippen LogP contribution in [-0.4, -0.2) is 10.5 Å². The van der Waals surface area contributed by atoms with Gasteiger partial charge in [-0.3, -0.25) is 0 Å². The van der Waals surface area contributed by atoms with Gasteiger partial charge in [0.15, 0.2) is 0 Å². The van der Waals surface area contributed by atoms with Crippen LogP contribution in [0.25, 0.3) is 36.3 Å². The Morgan fingerprint density at radius 2 is 1.40 bits per heavy atom. The second kappa shape index (κ2) is 11.5. The summed E-state index contributed by atoms with van der Waals surface area (Å²) in [6.07, 6.45) is 16.2. The van der Waals surface area contributed by atoms with E-state index in [0.717, 1.165) is 12.8 Å². The first-order chi connectivity index (χ1) is 25.8. The van der Waals surface area contributed by atoms with Crippen molar-refractivity contribution in [3.8, 4) is 0 Å². The van der Waals surface area contributed by atoms with E-state index >= 15 is 0 Å². The minimum atomic E-state index is 0.316. The highest BCUT2D eigenvalue weighted by molar-refractivity contribution is 8.07. The van der Waals surface area contributed by atoms with E-state index in [0.29, 0.717) is 22.5 Å². The van der Waals surface area contributed by atoms with Crippen LogP contribution >= 0.6 is 46.2 Å². The SMILES string of the molecule is C1=CC2SC3=C(C2C=C1)N(c1ccc(N(c2ccc4sc5c(c4c2)CCC=C5)c2ccc4sc5ccccc5c4c2)cc1)C1c2ccccc2SC31. The first kappa shape index (κ1) is 30.0. The normalized spacial score (nSPS) is 22.3. The molecule has 250 valence electrons. The molecule has 4 unspecified atom stereocenters. The molecule has 52 heavy (non-hydrogen) atoms. The Kier molecular flexibility index (Phi) is 6.66. The maximum Gasteiger partial charge on any atom is 0.0768 e. The summed E-state index contributed by atoms with van der Waals surface area (Å²) < 4.78 is 4.04. The molecule has 5 heterocycles. The molecule has 0 saturated heterocycles. The lowest BCUT2D eigenvalue weighted by atomic mass is 9.96. The van der Waals surface area contributed by atoms with Gasteiger partial charge >= 0.3 is 0 Å². The molecular formula is C46H32N2S4. The topological polar surface area (TPSA) is 6.48 Å². The van der Waals surface area contributed by atoms with E-state index in [4.69, 9.17) is 0 Å². The quantitative estimate of drug-likeness (QED) is 0.177. The molecule has 5 aliphatic rings. The number of hydrogen-bond donors (Lipinski definition) is 0. The first-order valence-electron chi connectivity index (χ1n) is 18.1. The molecule has 2 aromatic heterocycles. The fraction of sp³-hybridized carbons (Fsp3) is 0.130. The van der Waals surface area contributed by atoms with Crippen LogP contribution in [0.15, 0.2) is 155 Å². The molecule has 2 nitrogen and oxygen atoms in total. The van der Waals surface area contributed by atoms with Crippen LogP contribution in [0.1, 0.15) is 28.5 Å². The number of thioether (sulfide) groups is 2. The third kappa shape index (κ3) is 4.38. The lowest BCUT2D eigenvalue weighted by Gasteiger charge is -2.34. The lowest BCUT2D eigenvalue weighted by molar-refractivity contribution is 0.681. The summed E-state index contributed by atoms with van der Waals surface area (Å²) in [7, 11) is 0. The van der Waals surface area contributed by atoms with Gasteiger partial charge < -0.3 is 9.80 Å². The van der Waals surface area contributed by atoms with Crippen molar-refractivity contribution in [1.29, 1.82) is 0 Å². The van der Waals surface area contributed by atoms with E-state index in [1.165, 1.54) is 79.6 Å². The predicted octanol–water partition coefficient (Wildman–Crippen LogP) is 13.8. The van der Waals surface area contributed by atoms with E-state index in [1.54, 1.807) is 4.91 Å². The summed E-state index contributed by atoms with van der Waals surface area (Å²) in [6, 6.07) is 41.9. The van der Waals surface area contributed by atoms with Crippen molar-refractivity contribution in [1.82, 2.24) is 0 Å². The van der Waals surface area contributed by atoms with Gasteiger partial charge in [-0.1, -0.05) is 66.8 Å². The molecule has 5 aromatic carbocycles. The largest absolute Gasteiger partial charge is 0.335 e. The van der Waals surface area contributed by atoms with Gasteiger partial charge in [-0.05, 0) is 108 Å². The third-order valence-corrected chi connectivity index (χ3v) is 16.7. The van der Waals surface area contributed by atoms with Crippen LogP contribution in [-0.2, 0) is 6.42 Å². The fourth-order valence-electron chi connectivity index (χ4n) is 9.09. The van der Waals surface area contributed by atoms with Gasteiger partial charge in [-0.2, -0.15) is 0 Å². The molecule has 0 fully saturated rings. The molecule has 0 bridgehead atoms. The van der Waals surface area contributed by atoms with Crippen molar-refractivity contribution in [3.05, 3.63) is 166 Å². The number of nitrogens with zero attached hydrogens (tertiary/aromatic N) is 2. The van der Waals surface area contributed by atoms with Crippen molar-refractivity contribution >= 4 is 105 Å². The Bertz CT molecular complexity index is 2740. The zero-order valence-corrected chi connectivity index (χ0v) is 31.4. The molecule has 0 N–H and O–H groups in total. The molecule has 3 aliphatic heterocycles. The third-order valence-electron chi connectivity index (χ3n) is 11.4. The van der Waals surface area contributed by atoms with Crippen molar-refractivity contribution in [3.63, 3.8) is 0 Å². The van der Waals surface area contributed by atoms with Crippen molar-refractivity contribution in [2.45, 2.75) is 34.3 Å². The number of aryl methyl sites for hydroxylation is 1. The van der Waals surface area contributed by atoms with Gasteiger partial charge in [0, 0.05) is 79.2 Å². The Morgan fingerprint density at radius 3 is 2.31 bits per heavy atom. The molecule has 0 radical (unpaired) electrons. The summed E-state index contributed by atoms with van der Waals surface area (Å²) in [5, 5.41) is 4.96. The van der Waals surface area contributed by atoms with E-state index < -0.39 is 0 Å². The molecule has 2 aliphatic carbocycles. The Morgan fingerprint density at radius 1 is 0.654 bits per heavy atom. The number of thiophene rings is 2. The number of hydrogen-bond acceptors (Lipinski definition) is 6. The zero-order valence-electron chi connectivity index (χ0n) is 28.1. The number of fused-ring (bicyclic) bond motifs is 12. The van der Waals surface area contributed by atoms with E-state index in [1.807, 2.05) is 22.7 Å². The summed E-state index contributed by atoms with van der Waals surface area (Å²) >= 11 is 7.96. The van der Waals surface area contributed by atoms with Gasteiger partial charge in [0.2, 0.25) is 0 Å². The summed E-state index contributed by atoms with van der Waals surface area (Å²) in [6.45, 7) is 0. The van der Waals surface area contributed by atoms with Crippen molar-refractivity contribution in [2.75, 3.05) is 9.80 Å². The van der Waals surface area contributed by atoms with Gasteiger partial charge in [-0.25, -0.2) is 0 Å². The van der Waals surface area contributed by atoms with Crippen molar-refractivity contribution in [2.24, 2.45) is 5.92 Å². The van der Waals surface area contributed by atoms with Gasteiger partial charge in [0.05, 0.1) is 11.3 Å². The molecule has 6 heteroatoms. The van der Waals surface area contributed by atoms with Crippen molar-refractivity contribution < 1.29 is 0 Å². The molecular weight excluding hydrogens is 709 g/mol. The molecule has 0 saturated carbocycles. The summed E-state index contributed by atoms with van der Waals surface area (Å²) in [4.78, 5) is 9.60. The molecule has 12 rings (SSSR count). The van der Waals surface area contributed by atoms with Gasteiger partial charge in [0.1, 0.15) is 0 Å². The number of rotatable bonds is 4. The fourth-order valence-corrected chi connectivity index (χ4v) is 14.5. The summed E-state index contributed by atoms with van der Waals surface area (Å²) in [5.74, 6) is 0.407. The lowest BCUT2D eigenvalue weighted by Crippen LogP contribution is -2.31. The van der Waals surface area contributed by atoms with E-state index in [9.17, 15) is 0 Å². The van der Waals surface area contributed by atoms with Crippen LogP contribution < -0.4 is 9.80 Å². The zero-order chi connectivity index (χ0) is 33.9. The average molecular weight is 741 g/mol. The van der Waals surface area contributed by atoms with Crippen LogP contribution in [0, 0.1) is 5.92 Å². The Balaban J connectivity index is 1.01. The second-order valence-electron chi connectivity index (χ2n) is 14.2. The Hall–Kier alpha value is -4.46. The maximum absolute atomic E-state index is 2.70. The number of anilines is 4. The molecule has 0 spiro atoms. The highest BCUT2D eigenvalue weighted by atomic mass is 32.2. The minimum Gasteiger partial charge on any atom is -0.335 e.